The Labute approximate surface area is 103 Å². The second-order valence-electron chi connectivity index (χ2n) is 4.29. The van der Waals surface area contributed by atoms with Gasteiger partial charge in [0.2, 0.25) is 5.91 Å². The van der Waals surface area contributed by atoms with Crippen LogP contribution in [0.1, 0.15) is 18.5 Å². The number of β-amino-alcohol motifs (C(OH)–C–C–N with tert-alkyl or cyclic N) is 1. The summed E-state index contributed by atoms with van der Waals surface area (Å²) in [6.07, 6.45) is 1.13. The highest BCUT2D eigenvalue weighted by Crippen LogP contribution is 2.24. The molecule has 5 nitrogen and oxygen atoms in total. The van der Waals surface area contributed by atoms with E-state index in [2.05, 4.69) is 4.98 Å². The molecule has 0 radical (unpaired) electrons. The van der Waals surface area contributed by atoms with E-state index in [0.717, 1.165) is 5.69 Å². The van der Waals surface area contributed by atoms with E-state index in [1.54, 1.807) is 10.4 Å². The summed E-state index contributed by atoms with van der Waals surface area (Å²) in [5, 5.41) is 20.2. The number of thiazole rings is 1. The highest BCUT2D eigenvalue weighted by atomic mass is 32.1. The van der Waals surface area contributed by atoms with Crippen LogP contribution < -0.4 is 0 Å². The Morgan fingerprint density at radius 2 is 2.47 bits per heavy atom. The van der Waals surface area contributed by atoms with E-state index in [9.17, 15) is 9.90 Å². The summed E-state index contributed by atoms with van der Waals surface area (Å²) in [5.41, 5.74) is 1.69. The van der Waals surface area contributed by atoms with Crippen LogP contribution in [0, 0.1) is 11.3 Å². The first-order valence-electron chi connectivity index (χ1n) is 5.37. The third-order valence-electron chi connectivity index (χ3n) is 2.81. The van der Waals surface area contributed by atoms with Gasteiger partial charge in [0.25, 0.3) is 0 Å². The molecule has 0 bridgehead atoms. The highest BCUT2D eigenvalue weighted by Gasteiger charge is 2.43. The monoisotopic (exact) mass is 251 g/mol. The summed E-state index contributed by atoms with van der Waals surface area (Å²) in [4.78, 5) is 17.4. The van der Waals surface area contributed by atoms with Gasteiger partial charge in [-0.2, -0.15) is 5.26 Å². The molecule has 0 aromatic carbocycles. The second kappa shape index (κ2) is 4.82. The van der Waals surface area contributed by atoms with Gasteiger partial charge in [0, 0.05) is 11.8 Å². The van der Waals surface area contributed by atoms with Gasteiger partial charge < -0.3 is 10.0 Å². The summed E-state index contributed by atoms with van der Waals surface area (Å²) in [5.74, 6) is 0.0145. The predicted octanol–water partition coefficient (Wildman–Crippen LogP) is 0.563. The van der Waals surface area contributed by atoms with E-state index in [1.807, 2.05) is 11.4 Å². The second-order valence-corrected chi connectivity index (χ2v) is 5.01. The van der Waals surface area contributed by atoms with Crippen molar-refractivity contribution in [1.82, 2.24) is 9.88 Å². The van der Waals surface area contributed by atoms with Crippen LogP contribution in [0.15, 0.2) is 10.9 Å². The number of aromatic nitrogens is 1. The minimum absolute atomic E-state index is 0.0145. The minimum Gasteiger partial charge on any atom is -0.385 e. The molecule has 1 amide bonds. The molecule has 1 saturated heterocycles. The Morgan fingerprint density at radius 3 is 3.06 bits per heavy atom. The number of nitriles is 1. The number of hydrogen-bond acceptors (Lipinski definition) is 5. The van der Waals surface area contributed by atoms with Crippen molar-refractivity contribution in [3.05, 3.63) is 16.6 Å². The number of aliphatic hydroxyl groups is 1. The summed E-state index contributed by atoms with van der Waals surface area (Å²) in [7, 11) is 0. The van der Waals surface area contributed by atoms with Crippen molar-refractivity contribution >= 4 is 17.2 Å². The van der Waals surface area contributed by atoms with E-state index in [0.29, 0.717) is 12.8 Å². The van der Waals surface area contributed by atoms with Gasteiger partial charge in [-0.3, -0.25) is 4.79 Å². The molecule has 2 heterocycles. The molecule has 1 aromatic heterocycles. The van der Waals surface area contributed by atoms with E-state index in [4.69, 9.17) is 5.26 Å². The SMILES string of the molecule is N#CCC1(O)CN(C(=O)CCc2cscn2)C1. The van der Waals surface area contributed by atoms with Crippen LogP contribution in [0.2, 0.25) is 0 Å². The molecule has 90 valence electrons. The summed E-state index contributed by atoms with van der Waals surface area (Å²) < 4.78 is 0. The van der Waals surface area contributed by atoms with E-state index in [1.165, 1.54) is 11.3 Å². The molecular formula is C11H13N3O2S. The Balaban J connectivity index is 1.74. The average molecular weight is 251 g/mol. The standard InChI is InChI=1S/C11H13N3O2S/c12-4-3-11(16)6-14(7-11)10(15)2-1-9-5-17-8-13-9/h5,8,16H,1-3,6-7H2. The molecule has 0 unspecified atom stereocenters. The van der Waals surface area contributed by atoms with Crippen LogP contribution in [-0.4, -0.2) is 39.6 Å². The van der Waals surface area contributed by atoms with Gasteiger partial charge in [0.15, 0.2) is 0 Å². The zero-order valence-corrected chi connectivity index (χ0v) is 10.1. The molecule has 1 aliphatic rings. The molecule has 0 atom stereocenters. The number of hydrogen-bond donors (Lipinski definition) is 1. The first-order valence-corrected chi connectivity index (χ1v) is 6.31. The molecule has 0 saturated carbocycles. The maximum absolute atomic E-state index is 11.7. The number of rotatable bonds is 4. The van der Waals surface area contributed by atoms with E-state index < -0.39 is 5.60 Å². The maximum Gasteiger partial charge on any atom is 0.223 e. The van der Waals surface area contributed by atoms with Crippen LogP contribution in [0.25, 0.3) is 0 Å². The van der Waals surface area contributed by atoms with Crippen LogP contribution in [0.3, 0.4) is 0 Å². The van der Waals surface area contributed by atoms with Crippen LogP contribution >= 0.6 is 11.3 Å². The largest absolute Gasteiger partial charge is 0.385 e. The molecule has 1 fully saturated rings. The Kier molecular flexibility index (Phi) is 3.41. The van der Waals surface area contributed by atoms with Gasteiger partial charge in [-0.1, -0.05) is 0 Å². The van der Waals surface area contributed by atoms with E-state index in [-0.39, 0.29) is 25.4 Å². The van der Waals surface area contributed by atoms with Gasteiger partial charge in [-0.05, 0) is 6.42 Å². The molecule has 1 aromatic rings. The molecule has 1 N–H and O–H groups in total. The molecule has 2 rings (SSSR count). The number of amides is 1. The molecule has 0 aliphatic carbocycles. The number of aryl methyl sites for hydroxylation is 1. The minimum atomic E-state index is -0.981. The fourth-order valence-electron chi connectivity index (χ4n) is 1.85. The molecule has 0 spiro atoms. The zero-order chi connectivity index (χ0) is 12.3. The smallest absolute Gasteiger partial charge is 0.223 e. The molecule has 17 heavy (non-hydrogen) atoms. The highest BCUT2D eigenvalue weighted by molar-refractivity contribution is 7.07. The first-order chi connectivity index (χ1) is 8.13. The molecule has 1 aliphatic heterocycles. The Morgan fingerprint density at radius 1 is 1.71 bits per heavy atom. The number of likely N-dealkylation sites (tertiary alicyclic amines) is 1. The lowest BCUT2D eigenvalue weighted by molar-refractivity contribution is -0.154. The van der Waals surface area contributed by atoms with Gasteiger partial charge in [0.05, 0.1) is 36.8 Å². The predicted molar refractivity (Wildman–Crippen MR) is 62.2 cm³/mol. The Hall–Kier alpha value is -1.45. The number of nitrogens with zero attached hydrogens (tertiary/aromatic N) is 3. The Bertz CT molecular complexity index is 432. The lowest BCUT2D eigenvalue weighted by Crippen LogP contribution is -2.63. The van der Waals surface area contributed by atoms with Crippen molar-refractivity contribution in [3.8, 4) is 6.07 Å². The quantitative estimate of drug-likeness (QED) is 0.848. The maximum atomic E-state index is 11.7. The van der Waals surface area contributed by atoms with Crippen LogP contribution in [-0.2, 0) is 11.2 Å². The molecular weight excluding hydrogens is 238 g/mol. The lowest BCUT2D eigenvalue weighted by atomic mass is 9.90. The topological polar surface area (TPSA) is 77.2 Å². The zero-order valence-electron chi connectivity index (χ0n) is 9.30. The number of carbonyl (C=O) groups is 1. The summed E-state index contributed by atoms with van der Waals surface area (Å²) >= 11 is 1.51. The van der Waals surface area contributed by atoms with Crippen molar-refractivity contribution in [1.29, 1.82) is 5.26 Å². The fourth-order valence-corrected chi connectivity index (χ4v) is 2.45. The third-order valence-corrected chi connectivity index (χ3v) is 3.44. The third kappa shape index (κ3) is 2.81. The van der Waals surface area contributed by atoms with Crippen molar-refractivity contribution in [2.24, 2.45) is 0 Å². The first kappa shape index (κ1) is 12.0. The normalized spacial score (nSPS) is 17.3. The lowest BCUT2D eigenvalue weighted by Gasteiger charge is -2.45. The van der Waals surface area contributed by atoms with Gasteiger partial charge in [-0.15, -0.1) is 11.3 Å². The number of carbonyl (C=O) groups excluding carboxylic acids is 1. The van der Waals surface area contributed by atoms with Crippen LogP contribution in [0.5, 0.6) is 0 Å². The van der Waals surface area contributed by atoms with Gasteiger partial charge >= 0.3 is 0 Å². The summed E-state index contributed by atoms with van der Waals surface area (Å²) in [6.45, 7) is 0.549. The van der Waals surface area contributed by atoms with Gasteiger partial charge in [0.1, 0.15) is 5.60 Å². The van der Waals surface area contributed by atoms with Crippen LogP contribution in [0.4, 0.5) is 0 Å². The van der Waals surface area contributed by atoms with E-state index >= 15 is 0 Å². The van der Waals surface area contributed by atoms with Crippen molar-refractivity contribution < 1.29 is 9.90 Å². The van der Waals surface area contributed by atoms with Crippen molar-refractivity contribution in [3.63, 3.8) is 0 Å². The fraction of sp³-hybridized carbons (Fsp3) is 0.545. The average Bonchev–Trinajstić information content (AvgIpc) is 2.75. The summed E-state index contributed by atoms with van der Waals surface area (Å²) in [6, 6.07) is 1.93. The van der Waals surface area contributed by atoms with Crippen molar-refractivity contribution in [2.75, 3.05) is 13.1 Å². The van der Waals surface area contributed by atoms with Crippen molar-refractivity contribution in [2.45, 2.75) is 24.9 Å². The molecule has 6 heteroatoms. The van der Waals surface area contributed by atoms with Gasteiger partial charge in [-0.25, -0.2) is 4.98 Å².